The van der Waals surface area contributed by atoms with Crippen molar-refractivity contribution in [3.8, 4) is 39.7 Å². The number of ether oxygens (including phenoxy) is 3. The van der Waals surface area contributed by atoms with E-state index in [1.807, 2.05) is 42.5 Å². The lowest BCUT2D eigenvalue weighted by Crippen LogP contribution is -1.95. The quantitative estimate of drug-likeness (QED) is 0.222. The first-order valence-electron chi connectivity index (χ1n) is 11.7. The van der Waals surface area contributed by atoms with E-state index in [0.29, 0.717) is 41.4 Å². The van der Waals surface area contributed by atoms with Crippen LogP contribution in [-0.4, -0.2) is 20.3 Å². The van der Waals surface area contributed by atoms with Gasteiger partial charge in [0.2, 0.25) is 0 Å². The van der Waals surface area contributed by atoms with Crippen LogP contribution in [0.2, 0.25) is 0 Å². The fourth-order valence-corrected chi connectivity index (χ4v) is 3.69. The summed E-state index contributed by atoms with van der Waals surface area (Å²) in [5.41, 5.74) is 2.82. The molecule has 36 heavy (non-hydrogen) atoms. The number of methoxy groups -OCH3 is 1. The van der Waals surface area contributed by atoms with Gasteiger partial charge < -0.3 is 14.2 Å². The minimum Gasteiger partial charge on any atom is -0.497 e. The minimum absolute atomic E-state index is 0.172. The Labute approximate surface area is 209 Å². The first kappa shape index (κ1) is 24.9. The van der Waals surface area contributed by atoms with Crippen LogP contribution < -0.4 is 14.2 Å². The van der Waals surface area contributed by atoms with Crippen LogP contribution in [0.15, 0.2) is 77.2 Å². The van der Waals surface area contributed by atoms with Crippen molar-refractivity contribution in [1.29, 1.82) is 0 Å². The normalized spacial score (nSPS) is 11.0. The van der Waals surface area contributed by atoms with Crippen LogP contribution in [-0.2, 0) is 0 Å². The molecule has 0 aliphatic carbocycles. The summed E-state index contributed by atoms with van der Waals surface area (Å²) in [5.74, 6) is 1.12. The number of hydrogen-bond acceptors (Lipinski definition) is 3. The smallest absolute Gasteiger partial charge is 0.361 e. The van der Waals surface area contributed by atoms with Gasteiger partial charge in [-0.1, -0.05) is 18.2 Å². The van der Waals surface area contributed by atoms with Gasteiger partial charge in [0, 0.05) is 11.6 Å². The molecule has 0 N–H and O–H groups in total. The maximum Gasteiger partial charge on any atom is 0.361 e. The van der Waals surface area contributed by atoms with Crippen molar-refractivity contribution in [1.82, 2.24) is 0 Å². The first-order chi connectivity index (χ1) is 17.5. The zero-order valence-electron chi connectivity index (χ0n) is 20.4. The second-order valence-electron chi connectivity index (χ2n) is 7.88. The monoisotopic (exact) mass is 489 g/mol. The van der Waals surface area contributed by atoms with E-state index in [9.17, 15) is 8.78 Å². The van der Waals surface area contributed by atoms with E-state index in [0.717, 1.165) is 11.3 Å². The van der Waals surface area contributed by atoms with Gasteiger partial charge in [-0.3, -0.25) is 0 Å². The van der Waals surface area contributed by atoms with Crippen LogP contribution in [0.25, 0.3) is 34.6 Å². The van der Waals surface area contributed by atoms with Crippen LogP contribution in [0.5, 0.6) is 17.2 Å². The first-order valence-corrected chi connectivity index (χ1v) is 11.7. The summed E-state index contributed by atoms with van der Waals surface area (Å²) in [5, 5.41) is 0. The van der Waals surface area contributed by atoms with Crippen molar-refractivity contribution in [3.63, 3.8) is 0 Å². The Morgan fingerprint density at radius 1 is 0.694 bits per heavy atom. The molecule has 0 fully saturated rings. The third kappa shape index (κ3) is 5.89. The fourth-order valence-electron chi connectivity index (χ4n) is 3.69. The molecule has 1 aromatic heterocycles. The number of rotatable bonds is 9. The molecule has 0 saturated heterocycles. The molecule has 184 valence electrons. The molecular weight excluding hydrogens is 462 g/mol. The highest BCUT2D eigenvalue weighted by Crippen LogP contribution is 2.33. The Balaban J connectivity index is 1.77. The highest BCUT2D eigenvalue weighted by atomic mass is 19.1. The summed E-state index contributed by atoms with van der Waals surface area (Å²) in [6.07, 6.45) is 3.70. The van der Waals surface area contributed by atoms with E-state index < -0.39 is 11.6 Å². The lowest BCUT2D eigenvalue weighted by molar-refractivity contribution is 0.321. The van der Waals surface area contributed by atoms with Crippen LogP contribution in [0, 0.1) is 11.6 Å². The zero-order valence-corrected chi connectivity index (χ0v) is 20.4. The van der Waals surface area contributed by atoms with Crippen molar-refractivity contribution >= 4 is 12.2 Å². The minimum atomic E-state index is -0.489. The van der Waals surface area contributed by atoms with Crippen molar-refractivity contribution < 1.29 is 27.4 Å². The molecule has 4 aromatic rings. The number of hydrogen-bond donors (Lipinski definition) is 0. The summed E-state index contributed by atoms with van der Waals surface area (Å²) in [7, 11) is 1.62. The topological polar surface area (TPSA) is 39.0 Å². The molecule has 0 amide bonds. The highest BCUT2D eigenvalue weighted by molar-refractivity contribution is 5.75. The van der Waals surface area contributed by atoms with Gasteiger partial charge in [0.1, 0.15) is 5.75 Å². The van der Waals surface area contributed by atoms with Gasteiger partial charge in [0.15, 0.2) is 23.1 Å². The Morgan fingerprint density at radius 2 is 1.31 bits per heavy atom. The van der Waals surface area contributed by atoms with Gasteiger partial charge in [-0.15, -0.1) is 0 Å². The maximum absolute atomic E-state index is 14.6. The molecular formula is C30H27F2O4+. The molecule has 0 aliphatic heterocycles. The van der Waals surface area contributed by atoms with Gasteiger partial charge in [-0.05, 0) is 73.5 Å². The zero-order chi connectivity index (χ0) is 25.5. The third-order valence-corrected chi connectivity index (χ3v) is 5.45. The highest BCUT2D eigenvalue weighted by Gasteiger charge is 2.20. The molecule has 0 aliphatic rings. The largest absolute Gasteiger partial charge is 0.497 e. The summed E-state index contributed by atoms with van der Waals surface area (Å²) in [6, 6.07) is 20.6. The molecule has 0 bridgehead atoms. The van der Waals surface area contributed by atoms with Crippen LogP contribution in [0.3, 0.4) is 0 Å². The molecule has 6 heteroatoms. The molecule has 0 atom stereocenters. The molecule has 0 saturated carbocycles. The number of halogens is 2. The van der Waals surface area contributed by atoms with E-state index in [-0.39, 0.29) is 11.5 Å². The van der Waals surface area contributed by atoms with Gasteiger partial charge in [-0.25, -0.2) is 13.2 Å². The Morgan fingerprint density at radius 3 is 1.89 bits per heavy atom. The van der Waals surface area contributed by atoms with Crippen molar-refractivity contribution in [2.75, 3.05) is 20.3 Å². The Hall–Kier alpha value is -4.19. The predicted molar refractivity (Wildman–Crippen MR) is 138 cm³/mol. The van der Waals surface area contributed by atoms with Crippen molar-refractivity contribution in [3.05, 3.63) is 95.8 Å². The molecule has 1 heterocycles. The lowest BCUT2D eigenvalue weighted by atomic mass is 10.0. The van der Waals surface area contributed by atoms with Gasteiger partial charge in [0.25, 0.3) is 0 Å². The Kier molecular flexibility index (Phi) is 7.95. The van der Waals surface area contributed by atoms with Crippen LogP contribution in [0.4, 0.5) is 8.78 Å². The molecule has 0 unspecified atom stereocenters. The SMILES string of the molecule is CCOc1ccc(-c2cc(/C=C/c3ccc(OC)cc3)[o+]c(-c3ccc(OCC)c(F)c3)c2)cc1F. The maximum atomic E-state index is 14.6. The van der Waals surface area contributed by atoms with E-state index in [1.54, 1.807) is 51.3 Å². The van der Waals surface area contributed by atoms with Crippen molar-refractivity contribution in [2.45, 2.75) is 13.8 Å². The van der Waals surface area contributed by atoms with Crippen LogP contribution >= 0.6 is 0 Å². The van der Waals surface area contributed by atoms with Gasteiger partial charge in [-0.2, -0.15) is 0 Å². The van der Waals surface area contributed by atoms with Gasteiger partial charge >= 0.3 is 11.5 Å². The Bertz CT molecular complexity index is 1290. The second-order valence-corrected chi connectivity index (χ2v) is 7.88. The van der Waals surface area contributed by atoms with E-state index in [1.165, 1.54) is 12.1 Å². The van der Waals surface area contributed by atoms with Gasteiger partial charge in [0.05, 0.1) is 38.0 Å². The summed E-state index contributed by atoms with van der Waals surface area (Å²) in [4.78, 5) is 0. The lowest BCUT2D eigenvalue weighted by Gasteiger charge is -2.07. The average molecular weight is 490 g/mol. The van der Waals surface area contributed by atoms with E-state index in [2.05, 4.69) is 0 Å². The summed E-state index contributed by atoms with van der Waals surface area (Å²) in [6.45, 7) is 4.33. The molecule has 4 nitrogen and oxygen atoms in total. The average Bonchev–Trinajstić information content (AvgIpc) is 2.90. The molecule has 0 radical (unpaired) electrons. The van der Waals surface area contributed by atoms with E-state index >= 15 is 0 Å². The van der Waals surface area contributed by atoms with E-state index in [4.69, 9.17) is 18.6 Å². The second kappa shape index (κ2) is 11.5. The molecule has 0 spiro atoms. The summed E-state index contributed by atoms with van der Waals surface area (Å²) >= 11 is 0. The predicted octanol–water partition coefficient (Wildman–Crippen LogP) is 8.15. The number of benzene rings is 3. The molecule has 3 aromatic carbocycles. The van der Waals surface area contributed by atoms with Crippen molar-refractivity contribution in [2.24, 2.45) is 0 Å². The van der Waals surface area contributed by atoms with Crippen LogP contribution in [0.1, 0.15) is 25.2 Å². The standard InChI is InChI=1S/C30H27F2O4/c1-4-34-28-14-9-21(17-26(28)31)23-16-25(13-8-20-6-11-24(33-3)12-7-20)36-30(19-23)22-10-15-29(35-5-2)27(32)18-22/h6-19H,4-5H2,1-3H3/q+1/b13-8+. The molecule has 4 rings (SSSR count). The third-order valence-electron chi connectivity index (χ3n) is 5.45. The summed E-state index contributed by atoms with van der Waals surface area (Å²) < 4.78 is 51.2. The fraction of sp³-hybridized carbons (Fsp3) is 0.167.